The van der Waals surface area contributed by atoms with Crippen molar-refractivity contribution in [3.63, 3.8) is 0 Å². The van der Waals surface area contributed by atoms with Crippen LogP contribution in [-0.4, -0.2) is 73.7 Å². The average molecular weight is 642 g/mol. The number of allylic oxidation sites excluding steroid dienone is 2. The monoisotopic (exact) mass is 641 g/mol. The number of nitrogens with two attached hydrogens (primary N) is 1. The van der Waals surface area contributed by atoms with Crippen LogP contribution in [0.15, 0.2) is 50.5 Å². The maximum atomic E-state index is 12.5. The quantitative estimate of drug-likeness (QED) is 0.146. The lowest BCUT2D eigenvalue weighted by molar-refractivity contribution is -0.138. The van der Waals surface area contributed by atoms with Crippen molar-refractivity contribution < 1.29 is 29.7 Å². The summed E-state index contributed by atoms with van der Waals surface area (Å²) in [6.07, 6.45) is 3.57. The van der Waals surface area contributed by atoms with Gasteiger partial charge >= 0.3 is 11.9 Å². The number of aliphatic carboxylic acids is 2. The Morgan fingerprint density at radius 2 is 1.82 bits per heavy atom. The molecule has 0 bridgehead atoms. The molecule has 1 amide bonds. The van der Waals surface area contributed by atoms with Crippen molar-refractivity contribution in [3.8, 4) is 0 Å². The summed E-state index contributed by atoms with van der Waals surface area (Å²) < 4.78 is 0. The van der Waals surface area contributed by atoms with E-state index in [4.69, 9.17) is 5.73 Å². The van der Waals surface area contributed by atoms with Crippen LogP contribution in [0, 0.1) is 17.8 Å². The van der Waals surface area contributed by atoms with Gasteiger partial charge in [-0.05, 0) is 61.8 Å². The van der Waals surface area contributed by atoms with Crippen LogP contribution in [0.5, 0.6) is 0 Å². The molecule has 0 aromatic heterocycles. The highest BCUT2D eigenvalue weighted by molar-refractivity contribution is 8.06. The third-order valence-electron chi connectivity index (χ3n) is 10.5. The smallest absolute Gasteiger partial charge is 0.303 e. The number of hydrogen-bond donors (Lipinski definition) is 7. The minimum Gasteiger partial charge on any atom is -0.481 e. The van der Waals surface area contributed by atoms with Gasteiger partial charge in [0.15, 0.2) is 0 Å². The second-order valence-corrected chi connectivity index (χ2v) is 14.6. The molecule has 0 aromatic rings. The number of amides is 1. The topological polar surface area (TPSA) is 186 Å². The summed E-state index contributed by atoms with van der Waals surface area (Å²) in [6.45, 7) is 9.90. The number of carbonyl (C=O) groups excluding carboxylic acids is 1. The molecule has 2 saturated heterocycles. The van der Waals surface area contributed by atoms with E-state index in [1.54, 1.807) is 0 Å². The minimum absolute atomic E-state index is 0.00823. The van der Waals surface area contributed by atoms with Gasteiger partial charge in [-0.25, -0.2) is 4.99 Å². The third-order valence-corrected chi connectivity index (χ3v) is 11.5. The normalized spacial score (nSPS) is 35.4. The number of carbonyl (C=O) groups is 3. The number of hydrogen-bond acceptors (Lipinski definition) is 9. The lowest BCUT2D eigenvalue weighted by Gasteiger charge is -2.30. The summed E-state index contributed by atoms with van der Waals surface area (Å²) in [7, 11) is 0. The first-order valence-electron chi connectivity index (χ1n) is 16.0. The van der Waals surface area contributed by atoms with Crippen LogP contribution in [0.25, 0.3) is 0 Å². The fourth-order valence-electron chi connectivity index (χ4n) is 7.61. The molecule has 45 heavy (non-hydrogen) atoms. The molecule has 5 heterocycles. The Morgan fingerprint density at radius 3 is 2.42 bits per heavy atom. The Bertz CT molecular complexity index is 1420. The molecule has 5 rings (SSSR count). The molecule has 5 aliphatic rings. The van der Waals surface area contributed by atoms with Gasteiger partial charge in [-0.3, -0.25) is 19.7 Å². The number of aliphatic imine (C=N–C) groups is 1. The van der Waals surface area contributed by atoms with E-state index in [-0.39, 0.29) is 49.1 Å². The van der Waals surface area contributed by atoms with Crippen molar-refractivity contribution >= 4 is 35.3 Å². The van der Waals surface area contributed by atoms with E-state index in [2.05, 4.69) is 40.9 Å². The van der Waals surface area contributed by atoms with Crippen molar-refractivity contribution in [1.29, 1.82) is 0 Å². The fraction of sp³-hybridized carbons (Fsp3) is 0.636. The number of aliphatic hydroxyl groups is 1. The van der Waals surface area contributed by atoms with E-state index in [0.29, 0.717) is 48.1 Å². The Kier molecular flexibility index (Phi) is 9.70. The molecule has 0 aliphatic carbocycles. The fourth-order valence-corrected chi connectivity index (χ4v) is 8.58. The minimum atomic E-state index is -0.915. The maximum absolute atomic E-state index is 12.5. The highest BCUT2D eigenvalue weighted by atomic mass is 32.2. The lowest BCUT2D eigenvalue weighted by atomic mass is 9.82. The highest BCUT2D eigenvalue weighted by Gasteiger charge is 2.48. The highest BCUT2D eigenvalue weighted by Crippen LogP contribution is 2.46. The number of carboxylic acids is 2. The Labute approximate surface area is 269 Å². The molecule has 8 atom stereocenters. The second-order valence-electron chi connectivity index (χ2n) is 13.3. The predicted octanol–water partition coefficient (Wildman–Crippen LogP) is 3.18. The van der Waals surface area contributed by atoms with Crippen LogP contribution < -0.4 is 21.7 Å². The molecule has 11 nitrogen and oxygen atoms in total. The standard InChI is InChI=1S/C33H47N5O6S/c1-6-18-15(2)22(37-32(18)44)13-27-33(5,34)20(8-10-29(41)42)24(36-27)12-23-19(7-9-28(39)40)16(3)21(35-23)11-25-30(26-14-45-26)17(4)31(43)38-25/h11,16-17,25-27,30-31,35-36,38,43H,6-10,12-14,34H2,1-5H3,(H,39,40)(H,41,42)/b21-11+/t16?,17-,25?,26-,27?,30-,31?,33+/m1/s1. The van der Waals surface area contributed by atoms with E-state index in [0.717, 1.165) is 39.6 Å². The zero-order valence-electron chi connectivity index (χ0n) is 26.8. The first-order valence-corrected chi connectivity index (χ1v) is 17.1. The van der Waals surface area contributed by atoms with Gasteiger partial charge in [0.2, 0.25) is 0 Å². The van der Waals surface area contributed by atoms with Crippen molar-refractivity contribution in [1.82, 2.24) is 16.0 Å². The largest absolute Gasteiger partial charge is 0.481 e. The maximum Gasteiger partial charge on any atom is 0.303 e. The molecule has 0 aromatic carbocycles. The van der Waals surface area contributed by atoms with Gasteiger partial charge in [0, 0.05) is 77.2 Å². The van der Waals surface area contributed by atoms with E-state index >= 15 is 0 Å². The number of carboxylic acid groups (broad SMARTS) is 2. The van der Waals surface area contributed by atoms with Gasteiger partial charge in [-0.15, -0.1) is 0 Å². The van der Waals surface area contributed by atoms with Crippen molar-refractivity contribution in [2.24, 2.45) is 28.5 Å². The Morgan fingerprint density at radius 1 is 1.16 bits per heavy atom. The molecule has 2 fully saturated rings. The number of rotatable bonds is 13. The lowest BCUT2D eigenvalue weighted by Crippen LogP contribution is -2.51. The van der Waals surface area contributed by atoms with Crippen LogP contribution in [0.4, 0.5) is 0 Å². The van der Waals surface area contributed by atoms with Crippen molar-refractivity contribution in [3.05, 3.63) is 45.5 Å². The van der Waals surface area contributed by atoms with E-state index in [9.17, 15) is 29.7 Å². The van der Waals surface area contributed by atoms with Crippen LogP contribution in [0.2, 0.25) is 0 Å². The summed E-state index contributed by atoms with van der Waals surface area (Å²) in [5, 5.41) is 40.8. The molecular formula is C33H47N5O6S. The van der Waals surface area contributed by atoms with Crippen molar-refractivity contribution in [2.75, 3.05) is 5.75 Å². The van der Waals surface area contributed by atoms with E-state index in [1.807, 2.05) is 32.5 Å². The van der Waals surface area contributed by atoms with E-state index in [1.165, 1.54) is 0 Å². The molecule has 12 heteroatoms. The van der Waals surface area contributed by atoms with Gasteiger partial charge < -0.3 is 31.7 Å². The summed E-state index contributed by atoms with van der Waals surface area (Å²) in [4.78, 5) is 40.1. The second kappa shape index (κ2) is 13.1. The molecule has 0 spiro atoms. The number of nitrogens with one attached hydrogen (secondary N) is 3. The number of nitrogens with zero attached hydrogens (tertiary/aromatic N) is 1. The molecular weight excluding hydrogens is 594 g/mol. The van der Waals surface area contributed by atoms with Crippen LogP contribution >= 0.6 is 11.8 Å². The number of thioether (sulfide) groups is 1. The SMILES string of the molecule is CCC1=C(C)C(CC2NC(CC3=C(CCC(=O)O)C(C)/C(=C\C4NC(O)[C@H](C)[C@H]4[C@H]4CS4)N3)=C(CCC(=O)O)[C@]2(C)N)=NC1=O. The Balaban J connectivity index is 1.44. The zero-order chi connectivity index (χ0) is 32.8. The van der Waals surface area contributed by atoms with Crippen molar-refractivity contribution in [2.45, 2.75) is 109 Å². The van der Waals surface area contributed by atoms with Crippen LogP contribution in [0.3, 0.4) is 0 Å². The van der Waals surface area contributed by atoms with Gasteiger partial charge in [-0.1, -0.05) is 20.8 Å². The summed E-state index contributed by atoms with van der Waals surface area (Å²) in [5.41, 5.74) is 12.9. The zero-order valence-corrected chi connectivity index (χ0v) is 27.6. The summed E-state index contributed by atoms with van der Waals surface area (Å²) in [5.74, 6) is -0.533. The molecule has 0 saturated carbocycles. The van der Waals surface area contributed by atoms with Gasteiger partial charge in [-0.2, -0.15) is 11.8 Å². The van der Waals surface area contributed by atoms with Gasteiger partial charge in [0.05, 0.1) is 17.3 Å². The molecule has 4 unspecified atom stereocenters. The third kappa shape index (κ3) is 6.79. The summed E-state index contributed by atoms with van der Waals surface area (Å²) in [6, 6.07) is -0.320. The molecule has 8 N–H and O–H groups in total. The molecule has 0 radical (unpaired) electrons. The van der Waals surface area contributed by atoms with E-state index < -0.39 is 23.7 Å². The summed E-state index contributed by atoms with van der Waals surface area (Å²) >= 11 is 1.91. The molecule has 5 aliphatic heterocycles. The molecule has 246 valence electrons. The predicted molar refractivity (Wildman–Crippen MR) is 174 cm³/mol. The van der Waals surface area contributed by atoms with Gasteiger partial charge in [0.25, 0.3) is 5.91 Å². The van der Waals surface area contributed by atoms with Gasteiger partial charge in [0.1, 0.15) is 6.23 Å². The van der Waals surface area contributed by atoms with Crippen LogP contribution in [-0.2, 0) is 14.4 Å². The Hall–Kier alpha value is -2.93. The number of aliphatic hydroxyl groups excluding tert-OH is 1. The van der Waals surface area contributed by atoms with Crippen LogP contribution in [0.1, 0.15) is 79.6 Å². The first-order chi connectivity index (χ1) is 21.2. The average Bonchev–Trinajstić information content (AvgIpc) is 3.56. The first kappa shape index (κ1) is 33.4.